The molecule has 1 saturated heterocycles. The Labute approximate surface area is 188 Å². The summed E-state index contributed by atoms with van der Waals surface area (Å²) in [6.45, 7) is -0.545. The number of halogens is 1. The molecule has 0 aliphatic carbocycles. The zero-order valence-corrected chi connectivity index (χ0v) is 17.1. The van der Waals surface area contributed by atoms with Gasteiger partial charge in [-0.15, -0.1) is 0 Å². The second kappa shape index (κ2) is 8.96. The second-order valence-corrected chi connectivity index (χ2v) is 7.23. The summed E-state index contributed by atoms with van der Waals surface area (Å²) in [5.41, 5.74) is 0.372. The standard InChI is InChI=1S/C25H18FNO6/c26-19-9-5-4-8-18(19)22-21(23(30)15-6-2-1-3-7-15)24(31)25(32)27(22)16-10-12-17(13-11-16)33-14-20(28)29/h1-13,22,30H,14H2,(H,28,29)/t22-/m0/s1. The predicted molar refractivity (Wildman–Crippen MR) is 117 cm³/mol. The highest BCUT2D eigenvalue weighted by Gasteiger charge is 2.47. The van der Waals surface area contributed by atoms with Crippen molar-refractivity contribution in [1.29, 1.82) is 0 Å². The Morgan fingerprint density at radius 3 is 2.18 bits per heavy atom. The summed E-state index contributed by atoms with van der Waals surface area (Å²) in [5.74, 6) is -3.84. The van der Waals surface area contributed by atoms with Gasteiger partial charge in [-0.3, -0.25) is 14.5 Å². The van der Waals surface area contributed by atoms with Crippen molar-refractivity contribution in [2.24, 2.45) is 0 Å². The summed E-state index contributed by atoms with van der Waals surface area (Å²) < 4.78 is 19.9. The molecule has 33 heavy (non-hydrogen) atoms. The molecule has 2 N–H and O–H groups in total. The second-order valence-electron chi connectivity index (χ2n) is 7.23. The summed E-state index contributed by atoms with van der Waals surface area (Å²) in [6, 6.07) is 18.5. The molecule has 1 aliphatic rings. The number of anilines is 1. The number of carbonyl (C=O) groups is 3. The van der Waals surface area contributed by atoms with Crippen LogP contribution in [0.4, 0.5) is 10.1 Å². The molecule has 1 fully saturated rings. The number of hydrogen-bond acceptors (Lipinski definition) is 5. The van der Waals surface area contributed by atoms with Crippen LogP contribution in [0.25, 0.3) is 5.76 Å². The molecule has 0 radical (unpaired) electrons. The van der Waals surface area contributed by atoms with Gasteiger partial charge in [0.05, 0.1) is 11.6 Å². The number of carboxylic acid groups (broad SMARTS) is 1. The molecule has 0 aromatic heterocycles. The minimum absolute atomic E-state index is 0.0420. The van der Waals surface area contributed by atoms with Crippen LogP contribution in [0.3, 0.4) is 0 Å². The van der Waals surface area contributed by atoms with Crippen molar-refractivity contribution in [2.45, 2.75) is 6.04 Å². The van der Waals surface area contributed by atoms with Gasteiger partial charge in [-0.1, -0.05) is 48.5 Å². The van der Waals surface area contributed by atoms with Crippen molar-refractivity contribution in [3.8, 4) is 5.75 Å². The first-order valence-electron chi connectivity index (χ1n) is 9.94. The highest BCUT2D eigenvalue weighted by atomic mass is 19.1. The first kappa shape index (κ1) is 21.8. The largest absolute Gasteiger partial charge is 0.507 e. The number of ketones is 1. The van der Waals surface area contributed by atoms with E-state index in [9.17, 15) is 23.9 Å². The van der Waals surface area contributed by atoms with Crippen molar-refractivity contribution < 1.29 is 33.7 Å². The zero-order valence-electron chi connectivity index (χ0n) is 17.1. The molecule has 3 aromatic carbocycles. The van der Waals surface area contributed by atoms with Crippen LogP contribution >= 0.6 is 0 Å². The number of hydrogen-bond donors (Lipinski definition) is 2. The Kier molecular flexibility index (Phi) is 5.91. The van der Waals surface area contributed by atoms with Gasteiger partial charge in [0.15, 0.2) is 6.61 Å². The predicted octanol–water partition coefficient (Wildman–Crippen LogP) is 3.92. The molecule has 4 rings (SSSR count). The molecule has 0 unspecified atom stereocenters. The minimum atomic E-state index is -1.21. The molecular weight excluding hydrogens is 429 g/mol. The Balaban J connectivity index is 1.84. The van der Waals surface area contributed by atoms with Crippen LogP contribution in [-0.4, -0.2) is 34.5 Å². The van der Waals surface area contributed by atoms with Crippen LogP contribution in [0, 0.1) is 5.82 Å². The van der Waals surface area contributed by atoms with E-state index < -0.39 is 41.9 Å². The fourth-order valence-corrected chi connectivity index (χ4v) is 3.69. The molecule has 1 heterocycles. The summed E-state index contributed by atoms with van der Waals surface area (Å²) >= 11 is 0. The maximum absolute atomic E-state index is 14.8. The fourth-order valence-electron chi connectivity index (χ4n) is 3.69. The highest BCUT2D eigenvalue weighted by Crippen LogP contribution is 2.43. The number of amides is 1. The van der Waals surface area contributed by atoms with Crippen molar-refractivity contribution >= 4 is 29.1 Å². The van der Waals surface area contributed by atoms with Gasteiger partial charge in [-0.05, 0) is 30.3 Å². The van der Waals surface area contributed by atoms with Crippen LogP contribution in [0.2, 0.25) is 0 Å². The maximum atomic E-state index is 14.8. The fraction of sp³-hybridized carbons (Fsp3) is 0.0800. The Hall–Kier alpha value is -4.46. The maximum Gasteiger partial charge on any atom is 0.341 e. The molecule has 0 bridgehead atoms. The Morgan fingerprint density at radius 1 is 0.909 bits per heavy atom. The number of aliphatic hydroxyl groups excluding tert-OH is 1. The number of benzene rings is 3. The van der Waals surface area contributed by atoms with E-state index in [2.05, 4.69) is 0 Å². The lowest BCUT2D eigenvalue weighted by Gasteiger charge is -2.26. The molecule has 1 amide bonds. The smallest absolute Gasteiger partial charge is 0.341 e. The Morgan fingerprint density at radius 2 is 1.55 bits per heavy atom. The molecule has 166 valence electrons. The number of carbonyl (C=O) groups excluding carboxylic acids is 2. The van der Waals surface area contributed by atoms with Crippen LogP contribution in [0.1, 0.15) is 17.2 Å². The van der Waals surface area contributed by atoms with Crippen LogP contribution in [0.5, 0.6) is 5.75 Å². The van der Waals surface area contributed by atoms with E-state index in [-0.39, 0.29) is 22.6 Å². The lowest BCUT2D eigenvalue weighted by atomic mass is 9.94. The van der Waals surface area contributed by atoms with Crippen LogP contribution in [0.15, 0.2) is 84.4 Å². The number of ether oxygens (including phenoxy) is 1. The summed E-state index contributed by atoms with van der Waals surface area (Å²) in [6.07, 6.45) is 0. The van der Waals surface area contributed by atoms with Crippen LogP contribution in [-0.2, 0) is 14.4 Å². The number of aliphatic carboxylic acids is 1. The molecule has 1 atom stereocenters. The van der Waals surface area contributed by atoms with Gasteiger partial charge in [0.25, 0.3) is 11.7 Å². The van der Waals surface area contributed by atoms with Gasteiger partial charge >= 0.3 is 5.97 Å². The molecular formula is C25H18FNO6. The number of rotatable bonds is 6. The monoisotopic (exact) mass is 447 g/mol. The summed E-state index contributed by atoms with van der Waals surface area (Å²) in [4.78, 5) is 37.9. The van der Waals surface area contributed by atoms with E-state index in [1.165, 1.54) is 42.5 Å². The summed E-state index contributed by atoms with van der Waals surface area (Å²) in [5, 5.41) is 19.7. The number of nitrogens with zero attached hydrogens (tertiary/aromatic N) is 1. The number of carboxylic acids is 1. The van der Waals surface area contributed by atoms with E-state index in [0.717, 1.165) is 4.90 Å². The average Bonchev–Trinajstić information content (AvgIpc) is 3.08. The summed E-state index contributed by atoms with van der Waals surface area (Å²) in [7, 11) is 0. The van der Waals surface area contributed by atoms with Gasteiger partial charge in [-0.25, -0.2) is 9.18 Å². The first-order chi connectivity index (χ1) is 15.9. The van der Waals surface area contributed by atoms with Gasteiger partial charge in [0, 0.05) is 16.8 Å². The van der Waals surface area contributed by atoms with Gasteiger partial charge in [-0.2, -0.15) is 0 Å². The normalized spacial score (nSPS) is 17.2. The van der Waals surface area contributed by atoms with Crippen molar-refractivity contribution in [3.05, 3.63) is 101 Å². The van der Waals surface area contributed by atoms with E-state index in [1.54, 1.807) is 36.4 Å². The number of Topliss-reactive ketones (excluding diaryl/α,β-unsaturated/α-hetero) is 1. The van der Waals surface area contributed by atoms with E-state index in [4.69, 9.17) is 9.84 Å². The lowest BCUT2D eigenvalue weighted by molar-refractivity contribution is -0.139. The highest BCUT2D eigenvalue weighted by molar-refractivity contribution is 6.51. The SMILES string of the molecule is O=C(O)COc1ccc(N2C(=O)C(=O)C(=C(O)c3ccccc3)[C@@H]2c2ccccc2F)cc1. The van der Waals surface area contributed by atoms with Gasteiger partial charge in [0.2, 0.25) is 0 Å². The van der Waals surface area contributed by atoms with Gasteiger partial charge in [0.1, 0.15) is 17.3 Å². The third-order valence-corrected chi connectivity index (χ3v) is 5.17. The van der Waals surface area contributed by atoms with Crippen molar-refractivity contribution in [1.82, 2.24) is 0 Å². The van der Waals surface area contributed by atoms with E-state index in [0.29, 0.717) is 5.56 Å². The molecule has 0 saturated carbocycles. The minimum Gasteiger partial charge on any atom is -0.507 e. The molecule has 1 aliphatic heterocycles. The first-order valence-corrected chi connectivity index (χ1v) is 9.94. The third kappa shape index (κ3) is 4.18. The van der Waals surface area contributed by atoms with Gasteiger partial charge < -0.3 is 14.9 Å². The van der Waals surface area contributed by atoms with Crippen molar-refractivity contribution in [3.63, 3.8) is 0 Å². The van der Waals surface area contributed by atoms with Crippen LogP contribution < -0.4 is 9.64 Å². The third-order valence-electron chi connectivity index (χ3n) is 5.17. The molecule has 7 nitrogen and oxygen atoms in total. The topological polar surface area (TPSA) is 104 Å². The average molecular weight is 447 g/mol. The molecule has 0 spiro atoms. The number of aliphatic hydroxyl groups is 1. The van der Waals surface area contributed by atoms with Crippen molar-refractivity contribution in [2.75, 3.05) is 11.5 Å². The molecule has 8 heteroatoms. The Bertz CT molecular complexity index is 1250. The molecule has 3 aromatic rings. The van der Waals surface area contributed by atoms with E-state index >= 15 is 0 Å². The van der Waals surface area contributed by atoms with E-state index in [1.807, 2.05) is 0 Å². The quantitative estimate of drug-likeness (QED) is 0.337. The lowest BCUT2D eigenvalue weighted by Crippen LogP contribution is -2.29. The zero-order chi connectivity index (χ0) is 23.5.